The smallest absolute Gasteiger partial charge is 0.416 e. The molecule has 1 N–H and O–H groups in total. The number of carbonyl (C=O) groups excluding carboxylic acids is 2. The summed E-state index contributed by atoms with van der Waals surface area (Å²) in [4.78, 5) is 26.6. The van der Waals surface area contributed by atoms with Crippen LogP contribution >= 0.6 is 0 Å². The Bertz CT molecular complexity index is 1470. The molecule has 1 unspecified atom stereocenters. The van der Waals surface area contributed by atoms with Crippen LogP contribution in [-0.2, 0) is 32.3 Å². The number of esters is 1. The second-order valence-electron chi connectivity index (χ2n) is 9.22. The van der Waals surface area contributed by atoms with E-state index in [0.29, 0.717) is 23.3 Å². The third kappa shape index (κ3) is 5.38. The van der Waals surface area contributed by atoms with Crippen molar-refractivity contribution in [2.24, 2.45) is 5.92 Å². The SMILES string of the molecule is COC(=O)C(C(C)C)N1Cc2ccc(-c3ccc(NS(=O)(=O)c4ccc(C(F)(F)F)cc4)cc3)cc2C1=O. The predicted octanol–water partition coefficient (Wildman–Crippen LogP) is 5.33. The molecule has 0 aromatic heterocycles. The van der Waals surface area contributed by atoms with Crippen LogP contribution < -0.4 is 4.72 Å². The van der Waals surface area contributed by atoms with Crippen LogP contribution in [0, 0.1) is 5.92 Å². The molecule has 0 spiro atoms. The lowest BCUT2D eigenvalue weighted by Gasteiger charge is -2.28. The van der Waals surface area contributed by atoms with Crippen LogP contribution in [0.4, 0.5) is 18.9 Å². The highest BCUT2D eigenvalue weighted by atomic mass is 32.2. The first kappa shape index (κ1) is 27.2. The Labute approximate surface area is 218 Å². The number of hydrogen-bond acceptors (Lipinski definition) is 5. The van der Waals surface area contributed by atoms with E-state index in [4.69, 9.17) is 4.74 Å². The number of carbonyl (C=O) groups is 2. The number of benzene rings is 3. The van der Waals surface area contributed by atoms with E-state index in [9.17, 15) is 31.2 Å². The van der Waals surface area contributed by atoms with Gasteiger partial charge in [-0.3, -0.25) is 9.52 Å². The van der Waals surface area contributed by atoms with Gasteiger partial charge in [-0.25, -0.2) is 13.2 Å². The second kappa shape index (κ2) is 10.1. The molecular weight excluding hydrogens is 521 g/mol. The van der Waals surface area contributed by atoms with Crippen LogP contribution in [0.25, 0.3) is 11.1 Å². The summed E-state index contributed by atoms with van der Waals surface area (Å²) in [6, 6.07) is 14.2. The van der Waals surface area contributed by atoms with Gasteiger partial charge in [-0.15, -0.1) is 0 Å². The van der Waals surface area contributed by atoms with Gasteiger partial charge in [-0.2, -0.15) is 13.2 Å². The van der Waals surface area contributed by atoms with Gasteiger partial charge in [0.2, 0.25) is 0 Å². The summed E-state index contributed by atoms with van der Waals surface area (Å²) in [6.45, 7) is 3.98. The van der Waals surface area contributed by atoms with Gasteiger partial charge in [-0.1, -0.05) is 38.1 Å². The van der Waals surface area contributed by atoms with Crippen LogP contribution in [0.15, 0.2) is 71.6 Å². The topological polar surface area (TPSA) is 92.8 Å². The van der Waals surface area contributed by atoms with Crippen molar-refractivity contribution in [2.45, 2.75) is 37.5 Å². The molecule has 0 radical (unpaired) electrons. The third-order valence-electron chi connectivity index (χ3n) is 6.31. The zero-order valence-electron chi connectivity index (χ0n) is 20.7. The van der Waals surface area contributed by atoms with Crippen LogP contribution in [0.2, 0.25) is 0 Å². The largest absolute Gasteiger partial charge is 0.467 e. The van der Waals surface area contributed by atoms with E-state index in [2.05, 4.69) is 4.72 Å². The van der Waals surface area contributed by atoms with Gasteiger partial charge in [0.1, 0.15) is 6.04 Å². The molecule has 1 amide bonds. The van der Waals surface area contributed by atoms with Gasteiger partial charge in [0.25, 0.3) is 15.9 Å². The van der Waals surface area contributed by atoms with E-state index < -0.39 is 33.8 Å². The standard InChI is InChI=1S/C27H25F3N2O5S/c1-16(2)24(26(34)37-3)32-15-19-5-4-18(14-23(19)25(32)33)17-6-10-21(11-7-17)31-38(35,36)22-12-8-20(9-13-22)27(28,29)30/h4-14,16,24,31H,15H2,1-3H3. The van der Waals surface area contributed by atoms with Crippen molar-refractivity contribution in [1.29, 1.82) is 0 Å². The molecule has 1 aliphatic rings. The molecule has 0 saturated carbocycles. The van der Waals surface area contributed by atoms with Crippen LogP contribution in [0.5, 0.6) is 0 Å². The van der Waals surface area contributed by atoms with Crippen molar-refractivity contribution in [3.8, 4) is 11.1 Å². The van der Waals surface area contributed by atoms with Gasteiger partial charge in [0, 0.05) is 17.8 Å². The summed E-state index contributed by atoms with van der Waals surface area (Å²) in [6.07, 6.45) is -4.57. The molecule has 7 nitrogen and oxygen atoms in total. The van der Waals surface area contributed by atoms with Crippen LogP contribution in [0.3, 0.4) is 0 Å². The fraction of sp³-hybridized carbons (Fsp3) is 0.259. The molecule has 3 aromatic rings. The highest BCUT2D eigenvalue weighted by Gasteiger charge is 2.38. The van der Waals surface area contributed by atoms with Crippen molar-refractivity contribution in [3.63, 3.8) is 0 Å². The number of sulfonamides is 1. The number of alkyl halides is 3. The first-order valence-electron chi connectivity index (χ1n) is 11.6. The van der Waals surface area contributed by atoms with E-state index in [0.717, 1.165) is 23.3 Å². The summed E-state index contributed by atoms with van der Waals surface area (Å²) in [5.74, 6) is -0.887. The molecule has 1 heterocycles. The molecule has 200 valence electrons. The number of methoxy groups -OCH3 is 1. The number of rotatable bonds is 7. The minimum absolute atomic E-state index is 0.140. The van der Waals surface area contributed by atoms with Crippen LogP contribution in [-0.4, -0.2) is 38.3 Å². The molecule has 0 fully saturated rings. The normalized spacial score (nSPS) is 14.4. The summed E-state index contributed by atoms with van der Waals surface area (Å²) in [7, 11) is -2.82. The van der Waals surface area contributed by atoms with Gasteiger partial charge in [-0.05, 0) is 65.1 Å². The molecular formula is C27H25F3N2O5S. The Kier molecular flexibility index (Phi) is 7.24. The monoisotopic (exact) mass is 546 g/mol. The maximum atomic E-state index is 13.1. The molecule has 1 aliphatic heterocycles. The number of hydrogen-bond donors (Lipinski definition) is 1. The fourth-order valence-corrected chi connectivity index (χ4v) is 5.43. The van der Waals surface area contributed by atoms with Crippen molar-refractivity contribution in [3.05, 3.63) is 83.4 Å². The lowest BCUT2D eigenvalue weighted by molar-refractivity contribution is -0.147. The molecule has 11 heteroatoms. The molecule has 4 rings (SSSR count). The van der Waals surface area contributed by atoms with Crippen LogP contribution in [0.1, 0.15) is 35.3 Å². The zero-order valence-corrected chi connectivity index (χ0v) is 21.6. The Hall–Kier alpha value is -3.86. The van der Waals surface area contributed by atoms with E-state index in [1.54, 1.807) is 18.2 Å². The van der Waals surface area contributed by atoms with Crippen molar-refractivity contribution in [1.82, 2.24) is 4.90 Å². The average molecular weight is 547 g/mol. The highest BCUT2D eigenvalue weighted by molar-refractivity contribution is 7.92. The summed E-state index contributed by atoms with van der Waals surface area (Å²) in [5.41, 5.74) is 1.97. The molecule has 0 bridgehead atoms. The lowest BCUT2D eigenvalue weighted by atomic mass is 10.0. The maximum Gasteiger partial charge on any atom is 0.416 e. The number of halogens is 3. The zero-order chi connectivity index (χ0) is 27.8. The average Bonchev–Trinajstić information content (AvgIpc) is 3.18. The summed E-state index contributed by atoms with van der Waals surface area (Å²) < 4.78 is 70.8. The van der Waals surface area contributed by atoms with Gasteiger partial charge < -0.3 is 9.64 Å². The van der Waals surface area contributed by atoms with Crippen molar-refractivity contribution >= 4 is 27.6 Å². The first-order valence-corrected chi connectivity index (χ1v) is 13.1. The Morgan fingerprint density at radius 3 is 2.13 bits per heavy atom. The number of nitrogens with zero attached hydrogens (tertiary/aromatic N) is 1. The molecule has 0 saturated heterocycles. The number of fused-ring (bicyclic) bond motifs is 1. The van der Waals surface area contributed by atoms with E-state index in [-0.39, 0.29) is 29.0 Å². The van der Waals surface area contributed by atoms with Gasteiger partial charge in [0.15, 0.2) is 0 Å². The predicted molar refractivity (Wildman–Crippen MR) is 135 cm³/mol. The highest BCUT2D eigenvalue weighted by Crippen LogP contribution is 2.33. The summed E-state index contributed by atoms with van der Waals surface area (Å²) >= 11 is 0. The van der Waals surface area contributed by atoms with Crippen molar-refractivity contribution in [2.75, 3.05) is 11.8 Å². The lowest BCUT2D eigenvalue weighted by Crippen LogP contribution is -2.45. The number of ether oxygens (including phenoxy) is 1. The summed E-state index contributed by atoms with van der Waals surface area (Å²) in [5, 5.41) is 0. The first-order chi connectivity index (χ1) is 17.8. The minimum atomic E-state index is -4.57. The molecule has 3 aromatic carbocycles. The molecule has 1 atom stereocenters. The Balaban J connectivity index is 1.52. The van der Waals surface area contributed by atoms with E-state index >= 15 is 0 Å². The maximum absolute atomic E-state index is 13.1. The number of amides is 1. The second-order valence-corrected chi connectivity index (χ2v) is 10.9. The Morgan fingerprint density at radius 2 is 1.58 bits per heavy atom. The molecule has 38 heavy (non-hydrogen) atoms. The minimum Gasteiger partial charge on any atom is -0.467 e. The van der Waals surface area contributed by atoms with Crippen molar-refractivity contribution < 1.29 is 35.9 Å². The van der Waals surface area contributed by atoms with E-state index in [1.807, 2.05) is 26.0 Å². The molecule has 0 aliphatic carbocycles. The quantitative estimate of drug-likeness (QED) is 0.405. The van der Waals surface area contributed by atoms with E-state index in [1.165, 1.54) is 24.1 Å². The van der Waals surface area contributed by atoms with Gasteiger partial charge >= 0.3 is 12.1 Å². The Morgan fingerprint density at radius 1 is 0.974 bits per heavy atom. The number of nitrogens with one attached hydrogen (secondary N) is 1. The fourth-order valence-electron chi connectivity index (χ4n) is 4.38. The number of anilines is 1. The van der Waals surface area contributed by atoms with Gasteiger partial charge in [0.05, 0.1) is 17.6 Å². The third-order valence-corrected chi connectivity index (χ3v) is 7.71.